The zero-order valence-corrected chi connectivity index (χ0v) is 24.1. The van der Waals surface area contributed by atoms with Gasteiger partial charge < -0.3 is 15.0 Å². The average Bonchev–Trinajstić information content (AvgIpc) is 2.85. The second-order valence-electron chi connectivity index (χ2n) is 9.94. The van der Waals surface area contributed by atoms with Crippen molar-refractivity contribution in [2.75, 3.05) is 13.2 Å². The summed E-state index contributed by atoms with van der Waals surface area (Å²) < 4.78 is 6.73. The van der Waals surface area contributed by atoms with Gasteiger partial charge in [-0.05, 0) is 69.2 Å². The van der Waals surface area contributed by atoms with Crippen molar-refractivity contribution in [2.24, 2.45) is 0 Å². The minimum Gasteiger partial charge on any atom is -0.483 e. The fourth-order valence-corrected chi connectivity index (χ4v) is 4.69. The largest absolute Gasteiger partial charge is 0.483 e. The van der Waals surface area contributed by atoms with Crippen LogP contribution in [0.15, 0.2) is 77.3 Å². The molecular formula is C30H34BrClN2O3. The van der Waals surface area contributed by atoms with Crippen LogP contribution >= 0.6 is 27.5 Å². The van der Waals surface area contributed by atoms with Crippen molar-refractivity contribution in [3.63, 3.8) is 0 Å². The van der Waals surface area contributed by atoms with Crippen molar-refractivity contribution >= 4 is 39.3 Å². The number of ether oxygens (including phenoxy) is 1. The lowest BCUT2D eigenvalue weighted by atomic mass is 9.87. The van der Waals surface area contributed by atoms with E-state index in [1.165, 1.54) is 0 Å². The molecule has 0 aliphatic rings. The molecule has 3 rings (SSSR count). The Hall–Kier alpha value is -2.83. The smallest absolute Gasteiger partial charge is 0.261 e. The summed E-state index contributed by atoms with van der Waals surface area (Å²) >= 11 is 9.80. The number of benzene rings is 3. The maximum absolute atomic E-state index is 13.7. The van der Waals surface area contributed by atoms with E-state index in [0.29, 0.717) is 23.7 Å². The quantitative estimate of drug-likeness (QED) is 0.293. The molecule has 1 atom stereocenters. The molecule has 0 saturated heterocycles. The molecule has 3 aromatic carbocycles. The summed E-state index contributed by atoms with van der Waals surface area (Å²) in [5.74, 6) is 0.0677. The van der Waals surface area contributed by atoms with E-state index >= 15 is 0 Å². The van der Waals surface area contributed by atoms with Crippen LogP contribution in [0.5, 0.6) is 5.75 Å². The van der Waals surface area contributed by atoms with Crippen LogP contribution in [0.4, 0.5) is 0 Å². The Balaban J connectivity index is 1.89. The Kier molecular flexibility index (Phi) is 10.2. The second-order valence-corrected chi connectivity index (χ2v) is 11.2. The average molecular weight is 586 g/mol. The van der Waals surface area contributed by atoms with E-state index < -0.39 is 6.04 Å². The summed E-state index contributed by atoms with van der Waals surface area (Å²) in [5, 5.41) is 3.47. The normalized spacial score (nSPS) is 12.1. The Morgan fingerprint density at radius 3 is 2.32 bits per heavy atom. The van der Waals surface area contributed by atoms with Gasteiger partial charge in [0.1, 0.15) is 11.8 Å². The minimum absolute atomic E-state index is 0.0120. The maximum atomic E-state index is 13.7. The summed E-state index contributed by atoms with van der Waals surface area (Å²) in [4.78, 5) is 28.5. The first kappa shape index (κ1) is 28.7. The second kappa shape index (κ2) is 13.1. The summed E-state index contributed by atoms with van der Waals surface area (Å²) in [6.45, 7) is 8.76. The van der Waals surface area contributed by atoms with E-state index in [-0.39, 0.29) is 30.4 Å². The predicted octanol–water partition coefficient (Wildman–Crippen LogP) is 6.56. The zero-order chi connectivity index (χ0) is 27.0. The highest BCUT2D eigenvalue weighted by molar-refractivity contribution is 9.10. The van der Waals surface area contributed by atoms with Gasteiger partial charge in [0.05, 0.1) is 4.47 Å². The highest BCUT2D eigenvalue weighted by Crippen LogP contribution is 2.31. The SMILES string of the molecule is CCNC(=O)C(Cc1ccccc1)N(Cc1cccc(Cl)c1)C(=O)COc1ccc(C(C)(C)C)cc1Br. The van der Waals surface area contributed by atoms with E-state index in [1.807, 2.05) is 73.7 Å². The number of amides is 2. The summed E-state index contributed by atoms with van der Waals surface area (Å²) in [5.41, 5.74) is 2.94. The number of nitrogens with one attached hydrogen (secondary N) is 1. The Labute approximate surface area is 233 Å². The lowest BCUT2D eigenvalue weighted by molar-refractivity contribution is -0.142. The van der Waals surface area contributed by atoms with Gasteiger partial charge in [0.15, 0.2) is 6.61 Å². The van der Waals surface area contributed by atoms with Gasteiger partial charge in [-0.25, -0.2) is 0 Å². The molecule has 0 bridgehead atoms. The van der Waals surface area contributed by atoms with Crippen LogP contribution in [0.3, 0.4) is 0 Å². The van der Waals surface area contributed by atoms with Crippen LogP contribution in [0.1, 0.15) is 44.4 Å². The summed E-state index contributed by atoms with van der Waals surface area (Å²) in [6, 6.07) is 22.2. The molecule has 7 heteroatoms. The molecule has 3 aromatic rings. The molecule has 2 amide bonds. The highest BCUT2D eigenvalue weighted by atomic mass is 79.9. The fourth-order valence-electron chi connectivity index (χ4n) is 3.98. The molecule has 196 valence electrons. The third-order valence-electron chi connectivity index (χ3n) is 6.01. The van der Waals surface area contributed by atoms with Crippen molar-refractivity contribution in [3.8, 4) is 5.75 Å². The standard InChI is InChI=1S/C30H34BrClN2O3/c1-5-33-29(36)26(17-21-10-7-6-8-11-21)34(19-22-12-9-13-24(32)16-22)28(35)20-37-27-15-14-23(18-25(27)31)30(2,3)4/h6-16,18,26H,5,17,19-20H2,1-4H3,(H,33,36). The monoisotopic (exact) mass is 584 g/mol. The van der Waals surface area contributed by atoms with E-state index in [9.17, 15) is 9.59 Å². The zero-order valence-electron chi connectivity index (χ0n) is 21.8. The number of nitrogens with zero attached hydrogens (tertiary/aromatic N) is 1. The van der Waals surface area contributed by atoms with E-state index in [1.54, 1.807) is 11.0 Å². The number of likely N-dealkylation sites (N-methyl/N-ethyl adjacent to an activating group) is 1. The lowest BCUT2D eigenvalue weighted by Gasteiger charge is -2.31. The molecule has 0 fully saturated rings. The Morgan fingerprint density at radius 1 is 1.00 bits per heavy atom. The van der Waals surface area contributed by atoms with Crippen molar-refractivity contribution in [2.45, 2.75) is 52.1 Å². The van der Waals surface area contributed by atoms with Crippen molar-refractivity contribution in [1.29, 1.82) is 0 Å². The topological polar surface area (TPSA) is 58.6 Å². The van der Waals surface area contributed by atoms with Gasteiger partial charge in [0, 0.05) is 24.5 Å². The van der Waals surface area contributed by atoms with Crippen LogP contribution in [-0.4, -0.2) is 35.9 Å². The molecule has 0 heterocycles. The maximum Gasteiger partial charge on any atom is 0.261 e. The third-order valence-corrected chi connectivity index (χ3v) is 6.87. The van der Waals surface area contributed by atoms with Crippen LogP contribution in [0, 0.1) is 0 Å². The van der Waals surface area contributed by atoms with Gasteiger partial charge in [0.2, 0.25) is 5.91 Å². The van der Waals surface area contributed by atoms with Crippen LogP contribution in [0.25, 0.3) is 0 Å². The first-order valence-electron chi connectivity index (χ1n) is 12.4. The molecule has 0 spiro atoms. The van der Waals surface area contributed by atoms with Gasteiger partial charge in [-0.2, -0.15) is 0 Å². The summed E-state index contributed by atoms with van der Waals surface area (Å²) in [7, 11) is 0. The first-order chi connectivity index (χ1) is 17.6. The number of hydrogen-bond donors (Lipinski definition) is 1. The highest BCUT2D eigenvalue weighted by Gasteiger charge is 2.30. The lowest BCUT2D eigenvalue weighted by Crippen LogP contribution is -2.51. The van der Waals surface area contributed by atoms with E-state index in [4.69, 9.17) is 16.3 Å². The van der Waals surface area contributed by atoms with E-state index in [0.717, 1.165) is 21.2 Å². The van der Waals surface area contributed by atoms with E-state index in [2.05, 4.69) is 42.0 Å². The molecule has 0 aliphatic heterocycles. The first-order valence-corrected chi connectivity index (χ1v) is 13.5. The summed E-state index contributed by atoms with van der Waals surface area (Å²) in [6.07, 6.45) is 0.378. The molecule has 5 nitrogen and oxygen atoms in total. The molecule has 37 heavy (non-hydrogen) atoms. The van der Waals surface area contributed by atoms with Gasteiger partial charge in [-0.3, -0.25) is 9.59 Å². The molecule has 1 unspecified atom stereocenters. The third kappa shape index (κ3) is 8.34. The number of halogens is 2. The molecule has 0 radical (unpaired) electrons. The Morgan fingerprint density at radius 2 is 1.70 bits per heavy atom. The molecular weight excluding hydrogens is 552 g/mol. The van der Waals surface area contributed by atoms with Crippen LogP contribution < -0.4 is 10.1 Å². The minimum atomic E-state index is -0.718. The van der Waals surface area contributed by atoms with Crippen LogP contribution in [0.2, 0.25) is 5.02 Å². The van der Waals surface area contributed by atoms with Crippen molar-refractivity contribution < 1.29 is 14.3 Å². The van der Waals surface area contributed by atoms with Gasteiger partial charge in [-0.1, -0.05) is 80.9 Å². The number of carbonyl (C=O) groups is 2. The number of rotatable bonds is 10. The van der Waals surface area contributed by atoms with Gasteiger partial charge >= 0.3 is 0 Å². The fraction of sp³-hybridized carbons (Fsp3) is 0.333. The van der Waals surface area contributed by atoms with Crippen molar-refractivity contribution in [1.82, 2.24) is 10.2 Å². The molecule has 0 saturated carbocycles. The Bertz CT molecular complexity index is 1210. The molecule has 0 aliphatic carbocycles. The van der Waals surface area contributed by atoms with Crippen molar-refractivity contribution in [3.05, 3.63) is 99.0 Å². The number of carbonyl (C=O) groups excluding carboxylic acids is 2. The molecule has 1 N–H and O–H groups in total. The van der Waals surface area contributed by atoms with Gasteiger partial charge in [-0.15, -0.1) is 0 Å². The number of hydrogen-bond acceptors (Lipinski definition) is 3. The molecule has 0 aromatic heterocycles. The van der Waals surface area contributed by atoms with Crippen LogP contribution in [-0.2, 0) is 28.0 Å². The predicted molar refractivity (Wildman–Crippen MR) is 153 cm³/mol. The van der Waals surface area contributed by atoms with Gasteiger partial charge in [0.25, 0.3) is 5.91 Å².